The molecule has 4 aromatic carbocycles. The highest BCUT2D eigenvalue weighted by Crippen LogP contribution is 2.35. The van der Waals surface area contributed by atoms with E-state index in [0.717, 1.165) is 43.8 Å². The number of para-hydroxylation sites is 2. The molecule has 0 amide bonds. The highest BCUT2D eigenvalue weighted by molar-refractivity contribution is 6.03. The first kappa shape index (κ1) is 20.4. The van der Waals surface area contributed by atoms with Crippen LogP contribution in [0.2, 0.25) is 0 Å². The highest BCUT2D eigenvalue weighted by atomic mass is 14.9. The first-order chi connectivity index (χ1) is 21.4. The Bertz CT molecular complexity index is 2400. The van der Waals surface area contributed by atoms with E-state index < -0.39 is 6.85 Å². The van der Waals surface area contributed by atoms with E-state index in [0.29, 0.717) is 33.8 Å². The second-order valence-corrected chi connectivity index (χ2v) is 9.95. The minimum Gasteiger partial charge on any atom is -0.251 e. The van der Waals surface area contributed by atoms with E-state index in [9.17, 15) is 0 Å². The van der Waals surface area contributed by atoms with Crippen molar-refractivity contribution in [1.29, 1.82) is 0 Å². The van der Waals surface area contributed by atoms with Gasteiger partial charge in [-0.2, -0.15) is 0 Å². The van der Waals surface area contributed by atoms with Gasteiger partial charge in [-0.1, -0.05) is 84.9 Å². The highest BCUT2D eigenvalue weighted by Gasteiger charge is 2.17. The zero-order valence-corrected chi connectivity index (χ0v) is 21.8. The van der Waals surface area contributed by atoms with Crippen molar-refractivity contribution in [3.63, 3.8) is 0 Å². The van der Waals surface area contributed by atoms with Crippen LogP contribution in [0.25, 0.3) is 77.6 Å². The van der Waals surface area contributed by atoms with Gasteiger partial charge in [-0.05, 0) is 54.0 Å². The van der Waals surface area contributed by atoms with Crippen LogP contribution in [0.4, 0.5) is 0 Å². The van der Waals surface area contributed by atoms with Gasteiger partial charge in [0.15, 0.2) is 0 Å². The zero-order valence-electron chi connectivity index (χ0n) is 24.8. The van der Waals surface area contributed by atoms with E-state index in [4.69, 9.17) is 24.0 Å². The Hall–Kier alpha value is -5.55. The lowest BCUT2D eigenvalue weighted by molar-refractivity contribution is 1.22. The molecule has 0 radical (unpaired) electrons. The fourth-order valence-electron chi connectivity index (χ4n) is 5.42. The summed E-state index contributed by atoms with van der Waals surface area (Å²) in [6.07, 6.45) is 0. The number of rotatable bonds is 3. The summed E-state index contributed by atoms with van der Waals surface area (Å²) in [4.78, 5) is 24.7. The molecule has 0 aliphatic rings. The standard InChI is InChI=1S/C36H23N5/c1-22-16-17-24-18-19-25-20-21-31(39-34(25)33(24)37-22)28-14-7-15-32(38-28)36-35(40-29-12-4-5-13-30(29)41-36)27-11-6-9-23-8-2-3-10-26(23)27/h2-21H,1H3/i1D3. The maximum absolute atomic E-state index is 7.84. The van der Waals surface area contributed by atoms with E-state index in [1.165, 1.54) is 0 Å². The molecule has 0 aliphatic heterocycles. The summed E-state index contributed by atoms with van der Waals surface area (Å²) in [5.74, 6) is 0. The van der Waals surface area contributed by atoms with Gasteiger partial charge in [0.2, 0.25) is 0 Å². The Labute approximate surface area is 240 Å². The lowest BCUT2D eigenvalue weighted by atomic mass is 9.99. The monoisotopic (exact) mass is 528 g/mol. The Balaban J connectivity index is 1.32. The molecular formula is C36H23N5. The Morgan fingerprint density at radius 1 is 0.439 bits per heavy atom. The Morgan fingerprint density at radius 2 is 1.07 bits per heavy atom. The molecule has 4 aromatic heterocycles. The van der Waals surface area contributed by atoms with Crippen molar-refractivity contribution < 1.29 is 4.11 Å². The fraction of sp³-hybridized carbons (Fsp3) is 0.0278. The number of hydrogen-bond acceptors (Lipinski definition) is 5. The largest absolute Gasteiger partial charge is 0.251 e. The Kier molecular flexibility index (Phi) is 4.61. The molecule has 0 saturated carbocycles. The van der Waals surface area contributed by atoms with E-state index in [-0.39, 0.29) is 5.69 Å². The average molecular weight is 529 g/mol. The van der Waals surface area contributed by atoms with Crippen molar-refractivity contribution in [2.24, 2.45) is 0 Å². The predicted octanol–water partition coefficient (Wildman–Crippen LogP) is 8.58. The molecule has 0 aliphatic carbocycles. The summed E-state index contributed by atoms with van der Waals surface area (Å²) in [7, 11) is 0. The van der Waals surface area contributed by atoms with Gasteiger partial charge in [-0.3, -0.25) is 4.98 Å². The number of pyridine rings is 3. The molecule has 0 atom stereocenters. The molecule has 5 heteroatoms. The second kappa shape index (κ2) is 9.28. The van der Waals surface area contributed by atoms with Crippen LogP contribution in [-0.4, -0.2) is 24.9 Å². The van der Waals surface area contributed by atoms with Crippen molar-refractivity contribution in [2.75, 3.05) is 0 Å². The van der Waals surface area contributed by atoms with Gasteiger partial charge in [0, 0.05) is 26.1 Å². The summed E-state index contributed by atoms with van der Waals surface area (Å²) in [5.41, 5.74) is 7.20. The van der Waals surface area contributed by atoms with Gasteiger partial charge < -0.3 is 0 Å². The normalized spacial score (nSPS) is 12.9. The molecule has 0 fully saturated rings. The van der Waals surface area contributed by atoms with Crippen molar-refractivity contribution in [2.45, 2.75) is 6.85 Å². The van der Waals surface area contributed by atoms with Crippen LogP contribution in [0.5, 0.6) is 0 Å². The van der Waals surface area contributed by atoms with Gasteiger partial charge in [0.05, 0.1) is 44.8 Å². The molecule has 5 nitrogen and oxygen atoms in total. The van der Waals surface area contributed by atoms with Crippen LogP contribution in [-0.2, 0) is 0 Å². The third-order valence-corrected chi connectivity index (χ3v) is 7.39. The third-order valence-electron chi connectivity index (χ3n) is 7.39. The maximum atomic E-state index is 7.84. The molecule has 0 spiro atoms. The van der Waals surface area contributed by atoms with Crippen molar-refractivity contribution in [1.82, 2.24) is 24.9 Å². The molecule has 0 N–H and O–H groups in total. The van der Waals surface area contributed by atoms with Crippen molar-refractivity contribution in [3.05, 3.63) is 127 Å². The summed E-state index contributed by atoms with van der Waals surface area (Å²) >= 11 is 0. The van der Waals surface area contributed by atoms with E-state index in [2.05, 4.69) is 29.2 Å². The molecule has 4 heterocycles. The number of hydrogen-bond donors (Lipinski definition) is 0. The number of nitrogens with zero attached hydrogens (tertiary/aromatic N) is 5. The average Bonchev–Trinajstić information content (AvgIpc) is 3.06. The Morgan fingerprint density at radius 3 is 1.93 bits per heavy atom. The van der Waals surface area contributed by atoms with Crippen molar-refractivity contribution in [3.8, 4) is 34.0 Å². The second-order valence-electron chi connectivity index (χ2n) is 9.95. The van der Waals surface area contributed by atoms with Crippen LogP contribution in [0.1, 0.15) is 9.81 Å². The summed E-state index contributed by atoms with van der Waals surface area (Å²) in [5, 5.41) is 3.90. The van der Waals surface area contributed by atoms with E-state index in [1.54, 1.807) is 12.1 Å². The van der Waals surface area contributed by atoms with Crippen LogP contribution < -0.4 is 0 Å². The predicted molar refractivity (Wildman–Crippen MR) is 166 cm³/mol. The molecule has 41 heavy (non-hydrogen) atoms. The fourth-order valence-corrected chi connectivity index (χ4v) is 5.42. The smallest absolute Gasteiger partial charge is 0.116 e. The zero-order chi connectivity index (χ0) is 29.8. The number of aromatic nitrogens is 5. The molecule has 0 saturated heterocycles. The van der Waals surface area contributed by atoms with Gasteiger partial charge in [-0.25, -0.2) is 19.9 Å². The topological polar surface area (TPSA) is 64.5 Å². The van der Waals surface area contributed by atoms with E-state index >= 15 is 0 Å². The minimum absolute atomic E-state index is 0.0423. The lowest BCUT2D eigenvalue weighted by Crippen LogP contribution is -1.99. The molecule has 192 valence electrons. The summed E-state index contributed by atoms with van der Waals surface area (Å²) in [6, 6.07) is 39.2. The van der Waals surface area contributed by atoms with Crippen LogP contribution >= 0.6 is 0 Å². The quantitative estimate of drug-likeness (QED) is 0.215. The van der Waals surface area contributed by atoms with Gasteiger partial charge in [-0.15, -0.1) is 0 Å². The number of fused-ring (bicyclic) bond motifs is 5. The lowest BCUT2D eigenvalue weighted by Gasteiger charge is -2.13. The summed E-state index contributed by atoms with van der Waals surface area (Å²) < 4.78 is 23.5. The first-order valence-electron chi connectivity index (χ1n) is 14.9. The molecule has 0 bridgehead atoms. The minimum atomic E-state index is -2.31. The molecule has 8 rings (SSSR count). The molecule has 0 unspecified atom stereocenters. The summed E-state index contributed by atoms with van der Waals surface area (Å²) in [6.45, 7) is -2.31. The molecular weight excluding hydrogens is 502 g/mol. The van der Waals surface area contributed by atoms with Crippen LogP contribution in [0.3, 0.4) is 0 Å². The van der Waals surface area contributed by atoms with Gasteiger partial charge in [0.1, 0.15) is 5.69 Å². The van der Waals surface area contributed by atoms with Crippen LogP contribution in [0.15, 0.2) is 121 Å². The number of benzene rings is 4. The SMILES string of the molecule is [2H]C([2H])([2H])c1ccc2ccc3ccc(-c4cccc(-c5nc6ccccc6nc5-c5cccc6ccccc56)n4)nc3c2n1. The van der Waals surface area contributed by atoms with Crippen LogP contribution in [0, 0.1) is 6.85 Å². The van der Waals surface area contributed by atoms with Gasteiger partial charge >= 0.3 is 0 Å². The maximum Gasteiger partial charge on any atom is 0.116 e. The number of aryl methyl sites for hydroxylation is 1. The molecule has 8 aromatic rings. The van der Waals surface area contributed by atoms with Gasteiger partial charge in [0.25, 0.3) is 0 Å². The van der Waals surface area contributed by atoms with Crippen molar-refractivity contribution >= 4 is 43.6 Å². The van der Waals surface area contributed by atoms with E-state index in [1.807, 2.05) is 84.9 Å². The first-order valence-corrected chi connectivity index (χ1v) is 13.4. The third kappa shape index (κ3) is 3.98.